The van der Waals surface area contributed by atoms with Gasteiger partial charge >= 0.3 is 0 Å². The highest BCUT2D eigenvalue weighted by Crippen LogP contribution is 2.36. The summed E-state index contributed by atoms with van der Waals surface area (Å²) >= 11 is 0. The number of carbonyl (C=O) groups is 1. The summed E-state index contributed by atoms with van der Waals surface area (Å²) in [5, 5.41) is 0. The van der Waals surface area contributed by atoms with Crippen molar-refractivity contribution in [3.05, 3.63) is 52.4 Å². The number of pyridine rings is 1. The Labute approximate surface area is 156 Å². The highest BCUT2D eigenvalue weighted by Gasteiger charge is 2.36. The molecule has 1 aromatic carbocycles. The summed E-state index contributed by atoms with van der Waals surface area (Å²) in [6.45, 7) is 2.17. The second-order valence-electron chi connectivity index (χ2n) is 7.30. The van der Waals surface area contributed by atoms with E-state index in [-0.39, 0.29) is 30.8 Å². The Morgan fingerprint density at radius 3 is 2.93 bits per heavy atom. The van der Waals surface area contributed by atoms with Gasteiger partial charge in [0.1, 0.15) is 5.75 Å². The van der Waals surface area contributed by atoms with Crippen LogP contribution in [0.15, 0.2) is 41.2 Å². The molecule has 3 aliphatic heterocycles. The maximum absolute atomic E-state index is 12.7. The normalized spacial score (nSPS) is 22.3. The predicted octanol–water partition coefficient (Wildman–Crippen LogP) is 1.60. The van der Waals surface area contributed by atoms with Crippen LogP contribution in [0, 0.1) is 5.92 Å². The van der Waals surface area contributed by atoms with Crippen LogP contribution in [0.2, 0.25) is 0 Å². The summed E-state index contributed by atoms with van der Waals surface area (Å²) in [7, 11) is 0. The molecule has 1 saturated heterocycles. The molecular formula is C20H20N2O5. The molecule has 0 radical (unpaired) electrons. The Hall–Kier alpha value is -2.96. The smallest absolute Gasteiger partial charge is 0.260 e. The molecule has 2 aromatic rings. The number of likely N-dealkylation sites (tertiary alicyclic amines) is 1. The molecule has 2 bridgehead atoms. The minimum Gasteiger partial charge on any atom is -0.484 e. The maximum Gasteiger partial charge on any atom is 0.260 e. The fraction of sp³-hybridized carbons (Fsp3) is 0.400. The van der Waals surface area contributed by atoms with E-state index in [1.807, 2.05) is 15.5 Å². The van der Waals surface area contributed by atoms with Gasteiger partial charge in [0, 0.05) is 43.4 Å². The van der Waals surface area contributed by atoms with Crippen LogP contribution in [0.1, 0.15) is 18.0 Å². The third-order valence-corrected chi connectivity index (χ3v) is 5.54. The SMILES string of the molecule is O=C(COc1ccc2c(c1)OCO2)N1C[C@H]2C[C@H](C1)c1cccc(=O)n1C2. The third-order valence-electron chi connectivity index (χ3n) is 5.54. The van der Waals surface area contributed by atoms with E-state index in [0.29, 0.717) is 42.8 Å². The van der Waals surface area contributed by atoms with Crippen molar-refractivity contribution in [3.8, 4) is 17.2 Å². The standard InChI is InChI=1S/C20H20N2O5/c23-19-3-1-2-16-14-6-13(9-22(16)19)8-21(10-14)20(24)11-25-15-4-5-17-18(7-15)27-12-26-17/h1-5,7,13-14H,6,8-12H2/t13-,14-/m1/s1. The molecule has 0 spiro atoms. The van der Waals surface area contributed by atoms with Crippen molar-refractivity contribution < 1.29 is 19.0 Å². The molecule has 4 heterocycles. The second-order valence-corrected chi connectivity index (χ2v) is 7.30. The van der Waals surface area contributed by atoms with Crippen molar-refractivity contribution in [2.24, 2.45) is 5.92 Å². The average molecular weight is 368 g/mol. The molecule has 2 atom stereocenters. The van der Waals surface area contributed by atoms with Gasteiger partial charge in [0.25, 0.3) is 11.5 Å². The Balaban J connectivity index is 1.26. The zero-order valence-electron chi connectivity index (χ0n) is 14.8. The maximum atomic E-state index is 12.7. The van der Waals surface area contributed by atoms with Crippen LogP contribution in [0.5, 0.6) is 17.2 Å². The summed E-state index contributed by atoms with van der Waals surface area (Å²) in [5.41, 5.74) is 1.08. The zero-order valence-corrected chi connectivity index (χ0v) is 14.8. The van der Waals surface area contributed by atoms with Crippen LogP contribution in [0.4, 0.5) is 0 Å². The van der Waals surface area contributed by atoms with E-state index in [4.69, 9.17) is 14.2 Å². The number of piperidine rings is 1. The lowest BCUT2D eigenvalue weighted by Crippen LogP contribution is -2.50. The van der Waals surface area contributed by atoms with Crippen molar-refractivity contribution in [2.75, 3.05) is 26.5 Å². The number of ether oxygens (including phenoxy) is 3. The van der Waals surface area contributed by atoms with E-state index in [9.17, 15) is 9.59 Å². The monoisotopic (exact) mass is 368 g/mol. The molecule has 0 aliphatic carbocycles. The quantitative estimate of drug-likeness (QED) is 0.823. The highest BCUT2D eigenvalue weighted by atomic mass is 16.7. The molecule has 7 heteroatoms. The van der Waals surface area contributed by atoms with Gasteiger partial charge in [-0.25, -0.2) is 0 Å². The van der Waals surface area contributed by atoms with Gasteiger partial charge in [-0.15, -0.1) is 0 Å². The molecule has 5 rings (SSSR count). The van der Waals surface area contributed by atoms with Crippen molar-refractivity contribution in [3.63, 3.8) is 0 Å². The minimum absolute atomic E-state index is 0.0132. The number of benzene rings is 1. The van der Waals surface area contributed by atoms with Crippen LogP contribution in [0.25, 0.3) is 0 Å². The lowest BCUT2D eigenvalue weighted by Gasteiger charge is -2.42. The van der Waals surface area contributed by atoms with Gasteiger partial charge in [-0.3, -0.25) is 9.59 Å². The molecule has 140 valence electrons. The molecule has 27 heavy (non-hydrogen) atoms. The molecule has 0 saturated carbocycles. The van der Waals surface area contributed by atoms with Crippen LogP contribution >= 0.6 is 0 Å². The minimum atomic E-state index is -0.0332. The van der Waals surface area contributed by atoms with Gasteiger partial charge in [-0.1, -0.05) is 6.07 Å². The van der Waals surface area contributed by atoms with E-state index in [1.165, 1.54) is 0 Å². The van der Waals surface area contributed by atoms with Gasteiger partial charge in [-0.2, -0.15) is 0 Å². The van der Waals surface area contributed by atoms with Gasteiger partial charge in [0.15, 0.2) is 18.1 Å². The van der Waals surface area contributed by atoms with Gasteiger partial charge in [0.2, 0.25) is 6.79 Å². The molecule has 1 aromatic heterocycles. The highest BCUT2D eigenvalue weighted by molar-refractivity contribution is 5.78. The summed E-state index contributed by atoms with van der Waals surface area (Å²) < 4.78 is 18.1. The summed E-state index contributed by atoms with van der Waals surface area (Å²) in [4.78, 5) is 26.7. The topological polar surface area (TPSA) is 70.0 Å². The molecule has 0 N–H and O–H groups in total. The first kappa shape index (κ1) is 16.2. The number of amides is 1. The summed E-state index contributed by atoms with van der Waals surface area (Å²) in [6, 6.07) is 10.7. The Bertz CT molecular complexity index is 954. The number of nitrogens with zero attached hydrogens (tertiary/aromatic N) is 2. The Morgan fingerprint density at radius 1 is 1.11 bits per heavy atom. The molecule has 1 amide bonds. The van der Waals surface area contributed by atoms with Gasteiger partial charge in [0.05, 0.1) is 0 Å². The van der Waals surface area contributed by atoms with E-state index in [2.05, 4.69) is 0 Å². The largest absolute Gasteiger partial charge is 0.484 e. The van der Waals surface area contributed by atoms with E-state index in [1.54, 1.807) is 30.3 Å². The molecule has 0 unspecified atom stereocenters. The van der Waals surface area contributed by atoms with Crippen molar-refractivity contribution in [1.82, 2.24) is 9.47 Å². The molecule has 1 fully saturated rings. The summed E-state index contributed by atoms with van der Waals surface area (Å²) in [5.74, 6) is 2.39. The third kappa shape index (κ3) is 2.93. The first-order valence-corrected chi connectivity index (χ1v) is 9.17. The van der Waals surface area contributed by atoms with Crippen LogP contribution in [-0.4, -0.2) is 41.9 Å². The van der Waals surface area contributed by atoms with Crippen LogP contribution in [0.3, 0.4) is 0 Å². The average Bonchev–Trinajstić information content (AvgIpc) is 3.14. The van der Waals surface area contributed by atoms with E-state index >= 15 is 0 Å². The molecular weight excluding hydrogens is 348 g/mol. The number of rotatable bonds is 3. The molecule has 3 aliphatic rings. The predicted molar refractivity (Wildman–Crippen MR) is 96.2 cm³/mol. The number of hydrogen-bond acceptors (Lipinski definition) is 5. The Kier molecular flexibility index (Phi) is 3.81. The first-order valence-electron chi connectivity index (χ1n) is 9.17. The van der Waals surface area contributed by atoms with Crippen LogP contribution < -0.4 is 19.8 Å². The number of aromatic nitrogens is 1. The summed E-state index contributed by atoms with van der Waals surface area (Å²) in [6.07, 6.45) is 1.02. The number of hydrogen-bond donors (Lipinski definition) is 0. The zero-order chi connectivity index (χ0) is 18.4. The van der Waals surface area contributed by atoms with Crippen LogP contribution in [-0.2, 0) is 11.3 Å². The van der Waals surface area contributed by atoms with Crippen molar-refractivity contribution in [1.29, 1.82) is 0 Å². The lowest BCUT2D eigenvalue weighted by molar-refractivity contribution is -0.136. The molecule has 7 nitrogen and oxygen atoms in total. The first-order chi connectivity index (χ1) is 13.2. The van der Waals surface area contributed by atoms with E-state index in [0.717, 1.165) is 12.1 Å². The van der Waals surface area contributed by atoms with Crippen molar-refractivity contribution in [2.45, 2.75) is 18.9 Å². The fourth-order valence-electron chi connectivity index (χ4n) is 4.30. The van der Waals surface area contributed by atoms with Gasteiger partial charge in [-0.05, 0) is 30.5 Å². The fourth-order valence-corrected chi connectivity index (χ4v) is 4.30. The van der Waals surface area contributed by atoms with Gasteiger partial charge < -0.3 is 23.7 Å². The number of fused-ring (bicyclic) bond motifs is 5. The van der Waals surface area contributed by atoms with E-state index < -0.39 is 0 Å². The lowest BCUT2D eigenvalue weighted by atomic mass is 9.83. The van der Waals surface area contributed by atoms with Crippen molar-refractivity contribution >= 4 is 5.91 Å². The second kappa shape index (κ2) is 6.33. The number of carbonyl (C=O) groups excluding carboxylic acids is 1. The Morgan fingerprint density at radius 2 is 2.00 bits per heavy atom.